The summed E-state index contributed by atoms with van der Waals surface area (Å²) >= 11 is 0. The third kappa shape index (κ3) is 1.66. The van der Waals surface area contributed by atoms with E-state index in [4.69, 9.17) is 5.73 Å². The average Bonchev–Trinajstić information content (AvgIpc) is 2.44. The van der Waals surface area contributed by atoms with Crippen LogP contribution < -0.4 is 5.73 Å². The van der Waals surface area contributed by atoms with Gasteiger partial charge in [0.2, 0.25) is 0 Å². The van der Waals surface area contributed by atoms with E-state index >= 15 is 0 Å². The number of nitrogens with two attached hydrogens (primary N) is 1. The van der Waals surface area contributed by atoms with E-state index in [1.54, 1.807) is 0 Å². The minimum Gasteiger partial charge on any atom is -0.326 e. The van der Waals surface area contributed by atoms with E-state index in [9.17, 15) is 0 Å². The molecule has 0 atom stereocenters. The van der Waals surface area contributed by atoms with E-state index in [-0.39, 0.29) is 12.4 Å². The third-order valence-corrected chi connectivity index (χ3v) is 1.97. The molecule has 0 amide bonds. The Balaban J connectivity index is 0.000000845. The van der Waals surface area contributed by atoms with Gasteiger partial charge in [0.05, 0.1) is 5.52 Å². The smallest absolute Gasteiger partial charge is 0.0926 e. The highest BCUT2D eigenvalue weighted by Crippen LogP contribution is 2.15. The van der Waals surface area contributed by atoms with Gasteiger partial charge in [-0.3, -0.25) is 4.68 Å². The molecule has 3 nitrogen and oxygen atoms in total. The maximum atomic E-state index is 5.59. The van der Waals surface area contributed by atoms with Crippen molar-refractivity contribution in [2.75, 3.05) is 0 Å². The molecule has 0 aliphatic rings. The van der Waals surface area contributed by atoms with Crippen LogP contribution in [0.1, 0.15) is 5.56 Å². The fourth-order valence-electron chi connectivity index (χ4n) is 1.40. The van der Waals surface area contributed by atoms with Gasteiger partial charge in [0, 0.05) is 25.2 Å². The second kappa shape index (κ2) is 3.77. The van der Waals surface area contributed by atoms with E-state index in [1.165, 1.54) is 0 Å². The van der Waals surface area contributed by atoms with Crippen molar-refractivity contribution in [2.24, 2.45) is 12.8 Å². The van der Waals surface area contributed by atoms with Gasteiger partial charge in [-0.25, -0.2) is 0 Å². The van der Waals surface area contributed by atoms with Crippen LogP contribution >= 0.6 is 12.4 Å². The van der Waals surface area contributed by atoms with Crippen molar-refractivity contribution in [2.45, 2.75) is 6.54 Å². The van der Waals surface area contributed by atoms with E-state index in [1.807, 2.05) is 36.1 Å². The van der Waals surface area contributed by atoms with Gasteiger partial charge in [-0.2, -0.15) is 5.10 Å². The minimum atomic E-state index is 0. The van der Waals surface area contributed by atoms with Gasteiger partial charge < -0.3 is 5.73 Å². The third-order valence-electron chi connectivity index (χ3n) is 1.97. The van der Waals surface area contributed by atoms with E-state index in [2.05, 4.69) is 5.10 Å². The van der Waals surface area contributed by atoms with Gasteiger partial charge in [0.15, 0.2) is 0 Å². The first-order valence-electron chi connectivity index (χ1n) is 3.92. The largest absolute Gasteiger partial charge is 0.326 e. The highest BCUT2D eigenvalue weighted by atomic mass is 35.5. The fraction of sp³-hybridized carbons (Fsp3) is 0.222. The summed E-state index contributed by atoms with van der Waals surface area (Å²) in [4.78, 5) is 0. The Hall–Kier alpha value is -1.06. The molecule has 1 heterocycles. The summed E-state index contributed by atoms with van der Waals surface area (Å²) < 4.78 is 1.81. The minimum absolute atomic E-state index is 0. The molecule has 0 bridgehead atoms. The lowest BCUT2D eigenvalue weighted by Crippen LogP contribution is -1.95. The highest BCUT2D eigenvalue weighted by molar-refractivity contribution is 5.85. The summed E-state index contributed by atoms with van der Waals surface area (Å²) in [5.74, 6) is 0. The number of halogens is 1. The van der Waals surface area contributed by atoms with E-state index in [0.717, 1.165) is 16.5 Å². The molecule has 13 heavy (non-hydrogen) atoms. The van der Waals surface area contributed by atoms with Crippen molar-refractivity contribution < 1.29 is 0 Å². The molecule has 2 N–H and O–H groups in total. The van der Waals surface area contributed by atoms with Crippen LogP contribution in [0.25, 0.3) is 10.9 Å². The maximum absolute atomic E-state index is 5.59. The summed E-state index contributed by atoms with van der Waals surface area (Å²) in [6.07, 6.45) is 2.00. The van der Waals surface area contributed by atoms with Crippen LogP contribution in [0.3, 0.4) is 0 Å². The van der Waals surface area contributed by atoms with E-state index in [0.29, 0.717) is 6.54 Å². The lowest BCUT2D eigenvalue weighted by Gasteiger charge is -1.95. The Bertz CT molecular complexity index is 408. The predicted molar refractivity (Wildman–Crippen MR) is 55.9 cm³/mol. The molecule has 70 valence electrons. The van der Waals surface area contributed by atoms with E-state index < -0.39 is 0 Å². The Morgan fingerprint density at radius 2 is 2.23 bits per heavy atom. The van der Waals surface area contributed by atoms with Gasteiger partial charge in [0.25, 0.3) is 0 Å². The van der Waals surface area contributed by atoms with Gasteiger partial charge in [-0.05, 0) is 11.6 Å². The number of aryl methyl sites for hydroxylation is 1. The molecular formula is C9H12ClN3. The summed E-state index contributed by atoms with van der Waals surface area (Å²) in [6.45, 7) is 0.572. The van der Waals surface area contributed by atoms with Crippen LogP contribution in [0.15, 0.2) is 24.4 Å². The summed E-state index contributed by atoms with van der Waals surface area (Å²) in [5.41, 5.74) is 7.76. The Morgan fingerprint density at radius 3 is 2.92 bits per heavy atom. The Labute approximate surface area is 82.9 Å². The molecule has 2 aromatic rings. The molecule has 0 saturated heterocycles. The van der Waals surface area contributed by atoms with Gasteiger partial charge in [-0.1, -0.05) is 12.1 Å². The van der Waals surface area contributed by atoms with Crippen molar-refractivity contribution in [3.05, 3.63) is 30.0 Å². The summed E-state index contributed by atoms with van der Waals surface area (Å²) in [5, 5.41) is 5.44. The first kappa shape index (κ1) is 10.0. The molecule has 0 spiro atoms. The van der Waals surface area contributed by atoms with Crippen molar-refractivity contribution in [1.29, 1.82) is 0 Å². The molecule has 1 aromatic heterocycles. The van der Waals surface area contributed by atoms with Crippen LogP contribution in [0.2, 0.25) is 0 Å². The monoisotopic (exact) mass is 197 g/mol. The lowest BCUT2D eigenvalue weighted by atomic mass is 10.1. The fourth-order valence-corrected chi connectivity index (χ4v) is 1.40. The lowest BCUT2D eigenvalue weighted by molar-refractivity contribution is 0.779. The summed E-state index contributed by atoms with van der Waals surface area (Å²) in [7, 11) is 1.92. The highest BCUT2D eigenvalue weighted by Gasteiger charge is 2.01. The van der Waals surface area contributed by atoms with Gasteiger partial charge in [0.1, 0.15) is 0 Å². The zero-order valence-electron chi connectivity index (χ0n) is 7.40. The SMILES string of the molecule is Cl.Cn1cc2c(CN)cccc2n1. The van der Waals surface area contributed by atoms with Crippen molar-refractivity contribution in [3.63, 3.8) is 0 Å². The van der Waals surface area contributed by atoms with Gasteiger partial charge in [-0.15, -0.1) is 12.4 Å². The zero-order chi connectivity index (χ0) is 8.55. The number of aromatic nitrogens is 2. The molecule has 1 aromatic carbocycles. The number of nitrogens with zero attached hydrogens (tertiary/aromatic N) is 2. The van der Waals surface area contributed by atoms with Crippen LogP contribution in [-0.2, 0) is 13.6 Å². The van der Waals surface area contributed by atoms with Gasteiger partial charge >= 0.3 is 0 Å². The second-order valence-electron chi connectivity index (χ2n) is 2.86. The topological polar surface area (TPSA) is 43.8 Å². The van der Waals surface area contributed by atoms with Crippen LogP contribution in [0.4, 0.5) is 0 Å². The summed E-state index contributed by atoms with van der Waals surface area (Å²) in [6, 6.07) is 6.01. The Morgan fingerprint density at radius 1 is 1.46 bits per heavy atom. The van der Waals surface area contributed by atoms with Crippen molar-refractivity contribution in [1.82, 2.24) is 9.78 Å². The standard InChI is InChI=1S/C9H11N3.ClH/c1-12-6-8-7(5-10)3-2-4-9(8)11-12;/h2-4,6H,5,10H2,1H3;1H. The first-order chi connectivity index (χ1) is 5.81. The second-order valence-corrected chi connectivity index (χ2v) is 2.86. The molecule has 0 fully saturated rings. The molecule has 0 saturated carbocycles. The molecule has 2 rings (SSSR count). The first-order valence-corrected chi connectivity index (χ1v) is 3.92. The van der Waals surface area contributed by atoms with Crippen molar-refractivity contribution >= 4 is 23.3 Å². The predicted octanol–water partition coefficient (Wildman–Crippen LogP) is 1.45. The molecule has 0 aliphatic heterocycles. The van der Waals surface area contributed by atoms with Crippen LogP contribution in [0.5, 0.6) is 0 Å². The molecular weight excluding hydrogens is 186 g/mol. The normalized spacial score (nSPS) is 10.0. The number of fused-ring (bicyclic) bond motifs is 1. The maximum Gasteiger partial charge on any atom is 0.0926 e. The molecule has 4 heteroatoms. The Kier molecular flexibility index (Phi) is 2.90. The average molecular weight is 198 g/mol. The van der Waals surface area contributed by atoms with Crippen molar-refractivity contribution in [3.8, 4) is 0 Å². The number of benzene rings is 1. The zero-order valence-corrected chi connectivity index (χ0v) is 8.21. The quantitative estimate of drug-likeness (QED) is 0.752. The molecule has 0 radical (unpaired) electrons. The van der Waals surface area contributed by atoms with Crippen LogP contribution in [-0.4, -0.2) is 9.78 Å². The molecule has 0 unspecified atom stereocenters. The van der Waals surface area contributed by atoms with Crippen LogP contribution in [0, 0.1) is 0 Å². The molecule has 0 aliphatic carbocycles. The number of rotatable bonds is 1. The number of hydrogen-bond donors (Lipinski definition) is 1. The number of hydrogen-bond acceptors (Lipinski definition) is 2.